The standard InChI is InChI=1S/C14H23FN2O2/c1-4-19-8-7-17(3)10-11(2)14(18)13-6-5-12(15)9-16-13/h5-6,9,11,14,18H,4,7-8,10H2,1-3H3. The molecule has 2 atom stereocenters. The van der Waals surface area contributed by atoms with Crippen LogP contribution in [0.25, 0.3) is 0 Å². The van der Waals surface area contributed by atoms with Crippen molar-refractivity contribution in [2.24, 2.45) is 5.92 Å². The van der Waals surface area contributed by atoms with Gasteiger partial charge in [0.15, 0.2) is 0 Å². The van der Waals surface area contributed by atoms with Gasteiger partial charge in [-0.05, 0) is 26.1 Å². The third-order valence-corrected chi connectivity index (χ3v) is 3.01. The molecule has 0 aliphatic rings. The fourth-order valence-electron chi connectivity index (χ4n) is 1.90. The lowest BCUT2D eigenvalue weighted by Gasteiger charge is -2.24. The highest BCUT2D eigenvalue weighted by Gasteiger charge is 2.19. The summed E-state index contributed by atoms with van der Waals surface area (Å²) in [5.74, 6) is -0.373. The number of pyridine rings is 1. The summed E-state index contributed by atoms with van der Waals surface area (Å²) in [7, 11) is 1.99. The number of halogens is 1. The predicted molar refractivity (Wildman–Crippen MR) is 72.3 cm³/mol. The van der Waals surface area contributed by atoms with E-state index in [0.29, 0.717) is 18.9 Å². The minimum absolute atomic E-state index is 0.0181. The first-order valence-corrected chi connectivity index (χ1v) is 6.60. The number of aliphatic hydroxyl groups excluding tert-OH is 1. The highest BCUT2D eigenvalue weighted by atomic mass is 19.1. The molecule has 0 saturated heterocycles. The van der Waals surface area contributed by atoms with Crippen LogP contribution in [0.3, 0.4) is 0 Å². The quantitative estimate of drug-likeness (QED) is 0.732. The largest absolute Gasteiger partial charge is 0.386 e. The predicted octanol–water partition coefficient (Wildman–Crippen LogP) is 1.86. The number of rotatable bonds is 8. The first-order valence-electron chi connectivity index (χ1n) is 6.60. The molecule has 0 spiro atoms. The van der Waals surface area contributed by atoms with Crippen LogP contribution >= 0.6 is 0 Å². The molecule has 0 bridgehead atoms. The van der Waals surface area contributed by atoms with Gasteiger partial charge in [0.2, 0.25) is 0 Å². The molecule has 0 aliphatic heterocycles. The van der Waals surface area contributed by atoms with Crippen LogP contribution in [-0.2, 0) is 4.74 Å². The van der Waals surface area contributed by atoms with Crippen LogP contribution in [0.2, 0.25) is 0 Å². The third-order valence-electron chi connectivity index (χ3n) is 3.01. The highest BCUT2D eigenvalue weighted by Crippen LogP contribution is 2.20. The van der Waals surface area contributed by atoms with Gasteiger partial charge in [-0.3, -0.25) is 4.98 Å². The van der Waals surface area contributed by atoms with Crippen LogP contribution in [0.15, 0.2) is 18.3 Å². The van der Waals surface area contributed by atoms with Crippen molar-refractivity contribution in [3.05, 3.63) is 29.8 Å². The molecule has 1 aromatic heterocycles. The van der Waals surface area contributed by atoms with E-state index in [-0.39, 0.29) is 5.92 Å². The molecule has 0 fully saturated rings. The molecular weight excluding hydrogens is 247 g/mol. The number of hydrogen-bond acceptors (Lipinski definition) is 4. The zero-order valence-corrected chi connectivity index (χ0v) is 11.8. The van der Waals surface area contributed by atoms with Crippen LogP contribution in [0.1, 0.15) is 25.6 Å². The first kappa shape index (κ1) is 16.0. The molecule has 1 heterocycles. The first-order chi connectivity index (χ1) is 9.04. The van der Waals surface area contributed by atoms with E-state index < -0.39 is 11.9 Å². The molecule has 5 heteroatoms. The maximum atomic E-state index is 12.8. The van der Waals surface area contributed by atoms with Crippen LogP contribution in [0.4, 0.5) is 4.39 Å². The van der Waals surface area contributed by atoms with E-state index >= 15 is 0 Å². The van der Waals surface area contributed by atoms with Crippen molar-refractivity contribution in [1.82, 2.24) is 9.88 Å². The average Bonchev–Trinajstić information content (AvgIpc) is 2.39. The highest BCUT2D eigenvalue weighted by molar-refractivity contribution is 5.08. The van der Waals surface area contributed by atoms with Crippen LogP contribution in [-0.4, -0.2) is 48.3 Å². The van der Waals surface area contributed by atoms with Gasteiger partial charge in [-0.2, -0.15) is 0 Å². The van der Waals surface area contributed by atoms with E-state index in [1.807, 2.05) is 20.9 Å². The Balaban J connectivity index is 2.43. The minimum atomic E-state index is -0.685. The van der Waals surface area contributed by atoms with E-state index in [1.165, 1.54) is 12.1 Å². The smallest absolute Gasteiger partial charge is 0.141 e. The van der Waals surface area contributed by atoms with Crippen LogP contribution in [0, 0.1) is 11.7 Å². The van der Waals surface area contributed by atoms with Gasteiger partial charge in [0.25, 0.3) is 0 Å². The minimum Gasteiger partial charge on any atom is -0.386 e. The van der Waals surface area contributed by atoms with E-state index in [1.54, 1.807) is 0 Å². The molecule has 1 aromatic rings. The summed E-state index contributed by atoms with van der Waals surface area (Å²) in [5.41, 5.74) is 0.507. The van der Waals surface area contributed by atoms with E-state index in [4.69, 9.17) is 4.74 Å². The van der Waals surface area contributed by atoms with Crippen molar-refractivity contribution in [2.45, 2.75) is 20.0 Å². The van der Waals surface area contributed by atoms with Gasteiger partial charge in [0.1, 0.15) is 5.82 Å². The molecule has 0 aliphatic carbocycles. The third kappa shape index (κ3) is 5.63. The number of aliphatic hydroxyl groups is 1. The van der Waals surface area contributed by atoms with Gasteiger partial charge in [-0.25, -0.2) is 4.39 Å². The number of aromatic nitrogens is 1. The number of ether oxygens (including phenoxy) is 1. The second-order valence-corrected chi connectivity index (χ2v) is 4.78. The van der Waals surface area contributed by atoms with E-state index in [0.717, 1.165) is 19.3 Å². The summed E-state index contributed by atoms with van der Waals surface area (Å²) < 4.78 is 18.1. The Morgan fingerprint density at radius 1 is 1.47 bits per heavy atom. The Kier molecular flexibility index (Phi) is 6.91. The van der Waals surface area contributed by atoms with Gasteiger partial charge in [0, 0.05) is 25.6 Å². The lowest BCUT2D eigenvalue weighted by atomic mass is 10.0. The summed E-state index contributed by atoms with van der Waals surface area (Å²) in [6.07, 6.45) is 0.444. The Morgan fingerprint density at radius 3 is 2.79 bits per heavy atom. The maximum Gasteiger partial charge on any atom is 0.141 e. The Hall–Kier alpha value is -1.04. The zero-order chi connectivity index (χ0) is 14.3. The monoisotopic (exact) mass is 270 g/mol. The Labute approximate surface area is 114 Å². The van der Waals surface area contributed by atoms with Gasteiger partial charge in [0.05, 0.1) is 24.6 Å². The molecule has 19 heavy (non-hydrogen) atoms. The topological polar surface area (TPSA) is 45.6 Å². The zero-order valence-electron chi connectivity index (χ0n) is 11.8. The van der Waals surface area contributed by atoms with Crippen molar-refractivity contribution in [2.75, 3.05) is 33.4 Å². The molecule has 4 nitrogen and oxygen atoms in total. The van der Waals surface area contributed by atoms with Crippen LogP contribution in [0.5, 0.6) is 0 Å². The van der Waals surface area contributed by atoms with E-state index in [9.17, 15) is 9.50 Å². The van der Waals surface area contributed by atoms with E-state index in [2.05, 4.69) is 9.88 Å². The average molecular weight is 270 g/mol. The number of nitrogens with zero attached hydrogens (tertiary/aromatic N) is 2. The molecule has 0 aromatic carbocycles. The fraction of sp³-hybridized carbons (Fsp3) is 0.643. The SMILES string of the molecule is CCOCCN(C)CC(C)C(O)c1ccc(F)cn1. The molecule has 0 amide bonds. The van der Waals surface area contributed by atoms with Crippen molar-refractivity contribution >= 4 is 0 Å². The summed E-state index contributed by atoms with van der Waals surface area (Å²) in [6.45, 7) is 6.87. The molecular formula is C14H23FN2O2. The second-order valence-electron chi connectivity index (χ2n) is 4.78. The maximum absolute atomic E-state index is 12.8. The lowest BCUT2D eigenvalue weighted by Crippen LogP contribution is -2.30. The Bertz CT molecular complexity index is 359. The van der Waals surface area contributed by atoms with Gasteiger partial charge < -0.3 is 14.7 Å². The molecule has 108 valence electrons. The molecule has 1 rings (SSSR count). The molecule has 1 N–H and O–H groups in total. The Morgan fingerprint density at radius 2 is 2.21 bits per heavy atom. The number of likely N-dealkylation sites (N-methyl/N-ethyl adjacent to an activating group) is 1. The van der Waals surface area contributed by atoms with Gasteiger partial charge in [-0.1, -0.05) is 6.92 Å². The van der Waals surface area contributed by atoms with Crippen molar-refractivity contribution < 1.29 is 14.2 Å². The van der Waals surface area contributed by atoms with Crippen LogP contribution < -0.4 is 0 Å². The second kappa shape index (κ2) is 8.19. The van der Waals surface area contributed by atoms with Crippen molar-refractivity contribution in [3.63, 3.8) is 0 Å². The summed E-state index contributed by atoms with van der Waals surface area (Å²) in [5, 5.41) is 10.2. The van der Waals surface area contributed by atoms with Crippen molar-refractivity contribution in [3.8, 4) is 0 Å². The van der Waals surface area contributed by atoms with Gasteiger partial charge >= 0.3 is 0 Å². The summed E-state index contributed by atoms with van der Waals surface area (Å²) >= 11 is 0. The molecule has 0 saturated carbocycles. The number of hydrogen-bond donors (Lipinski definition) is 1. The summed E-state index contributed by atoms with van der Waals surface area (Å²) in [6, 6.07) is 2.84. The normalized spacial score (nSPS) is 14.6. The summed E-state index contributed by atoms with van der Waals surface area (Å²) in [4.78, 5) is 6.02. The lowest BCUT2D eigenvalue weighted by molar-refractivity contribution is 0.0755. The van der Waals surface area contributed by atoms with Crippen molar-refractivity contribution in [1.29, 1.82) is 0 Å². The molecule has 2 unspecified atom stereocenters. The van der Waals surface area contributed by atoms with Gasteiger partial charge in [-0.15, -0.1) is 0 Å². The fourth-order valence-corrected chi connectivity index (χ4v) is 1.90. The molecule has 0 radical (unpaired) electrons.